The van der Waals surface area contributed by atoms with E-state index >= 15 is 0 Å². The Morgan fingerprint density at radius 3 is 1.92 bits per heavy atom. The third-order valence-electron chi connectivity index (χ3n) is 3.97. The van der Waals surface area contributed by atoms with Gasteiger partial charge in [0.2, 0.25) is 0 Å². The lowest BCUT2D eigenvalue weighted by atomic mass is 10.3. The smallest absolute Gasteiger partial charge is 0.487 e. The molecule has 3 rings (SSSR count). The lowest BCUT2D eigenvalue weighted by molar-refractivity contribution is 0.0628. The minimum Gasteiger partial charge on any atom is -0.511 e. The molecule has 2 aromatic rings. The highest BCUT2D eigenvalue weighted by Gasteiger charge is 2.46. The van der Waals surface area contributed by atoms with E-state index in [9.17, 15) is 0 Å². The minimum absolute atomic E-state index is 0.0814. The van der Waals surface area contributed by atoms with Gasteiger partial charge in [-0.1, -0.05) is 43.3 Å². The van der Waals surface area contributed by atoms with Crippen LogP contribution in [0.5, 0.6) is 11.5 Å². The lowest BCUT2D eigenvalue weighted by Gasteiger charge is -2.34. The van der Waals surface area contributed by atoms with E-state index in [0.717, 1.165) is 24.5 Å². The van der Waals surface area contributed by atoms with Crippen LogP contribution in [0.4, 0.5) is 0 Å². The van der Waals surface area contributed by atoms with Crippen LogP contribution >= 0.6 is 0 Å². The van der Waals surface area contributed by atoms with Crippen LogP contribution in [0.1, 0.15) is 13.3 Å². The van der Waals surface area contributed by atoms with Gasteiger partial charge in [0.05, 0.1) is 13.2 Å². The summed E-state index contributed by atoms with van der Waals surface area (Å²) in [6.45, 7) is 5.55. The summed E-state index contributed by atoms with van der Waals surface area (Å²) in [4.78, 5) is 0. The molecule has 1 aliphatic rings. The molecular weight excluding hydrogens is 320 g/mol. The molecule has 2 atom stereocenters. The number of rotatable bonds is 9. The molecule has 2 unspecified atom stereocenters. The topological polar surface area (TPSA) is 40.2 Å². The lowest BCUT2D eigenvalue weighted by Crippen LogP contribution is -2.57. The molecule has 1 saturated heterocycles. The van der Waals surface area contributed by atoms with Gasteiger partial charge in [0.1, 0.15) is 23.3 Å². The van der Waals surface area contributed by atoms with Crippen molar-refractivity contribution >= 4 is 8.56 Å². The van der Waals surface area contributed by atoms with Crippen LogP contribution < -0.4 is 8.85 Å². The summed E-state index contributed by atoms with van der Waals surface area (Å²) in [5, 5.41) is 0. The molecule has 1 aliphatic heterocycles. The zero-order chi connectivity index (χ0) is 16.8. The maximum absolute atomic E-state index is 6.36. The van der Waals surface area contributed by atoms with E-state index in [2.05, 4.69) is 13.5 Å². The van der Waals surface area contributed by atoms with Crippen molar-refractivity contribution in [2.24, 2.45) is 0 Å². The standard InChI is InChI=1S/C19H24O4Si/c1-3-19(21-15-18-14-20-18)24(2,22-16-10-6-4-7-11-16)23-17-12-8-5-9-13-17/h4-13,18-19H,3,14-15H2,1-2H3. The Bertz CT molecular complexity index is 574. The van der Waals surface area contributed by atoms with E-state index in [4.69, 9.17) is 18.3 Å². The van der Waals surface area contributed by atoms with Gasteiger partial charge < -0.3 is 18.3 Å². The Morgan fingerprint density at radius 1 is 1.00 bits per heavy atom. The van der Waals surface area contributed by atoms with Gasteiger partial charge in [-0.25, -0.2) is 0 Å². The van der Waals surface area contributed by atoms with Gasteiger partial charge in [-0.3, -0.25) is 0 Å². The quantitative estimate of drug-likeness (QED) is 0.510. The first kappa shape index (κ1) is 17.0. The number of ether oxygens (including phenoxy) is 2. The first-order valence-corrected chi connectivity index (χ1v) is 10.8. The van der Waals surface area contributed by atoms with Gasteiger partial charge in [-0.15, -0.1) is 0 Å². The Balaban J connectivity index is 1.79. The van der Waals surface area contributed by atoms with Crippen LogP contribution in [-0.4, -0.2) is 33.6 Å². The SMILES string of the molecule is CCC(OCC1CO1)[Si](C)(Oc1ccccc1)Oc1ccccc1. The first-order chi connectivity index (χ1) is 11.7. The third kappa shape index (κ3) is 4.60. The largest absolute Gasteiger partial charge is 0.511 e. The predicted molar refractivity (Wildman–Crippen MR) is 95.5 cm³/mol. The average molecular weight is 344 g/mol. The molecule has 0 aliphatic carbocycles. The third-order valence-corrected chi connectivity index (χ3v) is 7.00. The number of hydrogen-bond acceptors (Lipinski definition) is 4. The molecule has 0 saturated carbocycles. The number of para-hydroxylation sites is 2. The van der Waals surface area contributed by atoms with E-state index in [1.807, 2.05) is 60.7 Å². The van der Waals surface area contributed by atoms with Crippen LogP contribution in [0.2, 0.25) is 6.55 Å². The summed E-state index contributed by atoms with van der Waals surface area (Å²) in [7, 11) is -2.68. The van der Waals surface area contributed by atoms with Crippen molar-refractivity contribution in [3.8, 4) is 11.5 Å². The molecular formula is C19H24O4Si. The van der Waals surface area contributed by atoms with Gasteiger partial charge in [0.25, 0.3) is 0 Å². The summed E-state index contributed by atoms with van der Waals surface area (Å²) in [5.41, 5.74) is -0.0814. The molecule has 0 bridgehead atoms. The van der Waals surface area contributed by atoms with E-state index < -0.39 is 8.56 Å². The van der Waals surface area contributed by atoms with Crippen LogP contribution in [0, 0.1) is 0 Å². The molecule has 1 heterocycles. The Morgan fingerprint density at radius 2 is 1.50 bits per heavy atom. The Hall–Kier alpha value is -1.82. The van der Waals surface area contributed by atoms with Gasteiger partial charge >= 0.3 is 8.56 Å². The van der Waals surface area contributed by atoms with Gasteiger partial charge in [0, 0.05) is 6.55 Å². The zero-order valence-corrected chi connectivity index (χ0v) is 15.2. The summed E-state index contributed by atoms with van der Waals surface area (Å²) in [6.07, 6.45) is 1.06. The van der Waals surface area contributed by atoms with Gasteiger partial charge in [-0.05, 0) is 30.7 Å². The molecule has 24 heavy (non-hydrogen) atoms. The van der Waals surface area contributed by atoms with Crippen LogP contribution in [0.15, 0.2) is 60.7 Å². The molecule has 1 fully saturated rings. The van der Waals surface area contributed by atoms with Crippen LogP contribution in [-0.2, 0) is 9.47 Å². The van der Waals surface area contributed by atoms with Crippen LogP contribution in [0.3, 0.4) is 0 Å². The van der Waals surface area contributed by atoms with Crippen molar-refractivity contribution in [2.75, 3.05) is 13.2 Å². The monoisotopic (exact) mass is 344 g/mol. The molecule has 2 aromatic carbocycles. The second-order valence-electron chi connectivity index (χ2n) is 6.03. The van der Waals surface area contributed by atoms with Crippen molar-refractivity contribution in [1.82, 2.24) is 0 Å². The highest BCUT2D eigenvalue weighted by atomic mass is 28.4. The average Bonchev–Trinajstić information content (AvgIpc) is 3.41. The van der Waals surface area contributed by atoms with Crippen molar-refractivity contribution in [2.45, 2.75) is 31.7 Å². The molecule has 128 valence electrons. The molecule has 0 amide bonds. The summed E-state index contributed by atoms with van der Waals surface area (Å²) < 4.78 is 24.1. The van der Waals surface area contributed by atoms with Crippen molar-refractivity contribution < 1.29 is 18.3 Å². The fourth-order valence-electron chi connectivity index (χ4n) is 2.63. The highest BCUT2D eigenvalue weighted by molar-refractivity contribution is 6.68. The number of benzene rings is 2. The molecule has 4 nitrogen and oxygen atoms in total. The van der Waals surface area contributed by atoms with Crippen LogP contribution in [0.25, 0.3) is 0 Å². The number of epoxide rings is 1. The molecule has 5 heteroatoms. The number of hydrogen-bond donors (Lipinski definition) is 0. The Kier molecular flexibility index (Phi) is 5.55. The summed E-state index contributed by atoms with van der Waals surface area (Å²) >= 11 is 0. The van der Waals surface area contributed by atoms with Crippen molar-refractivity contribution in [3.63, 3.8) is 0 Å². The fourth-order valence-corrected chi connectivity index (χ4v) is 5.28. The van der Waals surface area contributed by atoms with Gasteiger partial charge in [-0.2, -0.15) is 0 Å². The maximum atomic E-state index is 6.36. The second-order valence-corrected chi connectivity index (χ2v) is 9.12. The molecule has 0 aromatic heterocycles. The zero-order valence-electron chi connectivity index (χ0n) is 14.2. The Labute approximate surface area is 144 Å². The second kappa shape index (κ2) is 7.83. The van der Waals surface area contributed by atoms with E-state index in [1.54, 1.807) is 0 Å². The van der Waals surface area contributed by atoms with Crippen molar-refractivity contribution in [1.29, 1.82) is 0 Å². The molecule has 0 radical (unpaired) electrons. The fraction of sp³-hybridized carbons (Fsp3) is 0.368. The predicted octanol–water partition coefficient (Wildman–Crippen LogP) is 3.95. The molecule has 0 N–H and O–H groups in total. The summed E-state index contributed by atoms with van der Waals surface area (Å²) in [5.74, 6) is 1.62. The first-order valence-electron chi connectivity index (χ1n) is 8.41. The van der Waals surface area contributed by atoms with E-state index in [-0.39, 0.29) is 11.8 Å². The van der Waals surface area contributed by atoms with Gasteiger partial charge in [0.15, 0.2) is 0 Å². The van der Waals surface area contributed by atoms with Crippen molar-refractivity contribution in [3.05, 3.63) is 60.7 Å². The van der Waals surface area contributed by atoms with E-state index in [0.29, 0.717) is 6.61 Å². The maximum Gasteiger partial charge on any atom is 0.487 e. The van der Waals surface area contributed by atoms with E-state index in [1.165, 1.54) is 0 Å². The molecule has 0 spiro atoms. The highest BCUT2D eigenvalue weighted by Crippen LogP contribution is 2.26. The minimum atomic E-state index is -2.68. The normalized spacial score (nSPS) is 18.0. The summed E-state index contributed by atoms with van der Waals surface area (Å²) in [6, 6.07) is 19.6.